The summed E-state index contributed by atoms with van der Waals surface area (Å²) in [5.74, 6) is 0.972. The van der Waals surface area contributed by atoms with Crippen LogP contribution >= 0.6 is 0 Å². The van der Waals surface area contributed by atoms with E-state index in [2.05, 4.69) is 95.4 Å². The van der Waals surface area contributed by atoms with Crippen LogP contribution in [0.3, 0.4) is 0 Å². The Morgan fingerprint density at radius 3 is 1.84 bits per heavy atom. The number of hydrogen-bond donors (Lipinski definition) is 1. The highest BCUT2D eigenvalue weighted by Crippen LogP contribution is 2.37. The SMILES string of the molecule is Cc1cccc2c(Nc3c(C(C)C)cccc3C(C)C)ccc(C)c12. The van der Waals surface area contributed by atoms with Gasteiger partial charge in [0, 0.05) is 16.8 Å². The average molecular weight is 332 g/mol. The Hall–Kier alpha value is -2.28. The smallest absolute Gasteiger partial charge is 0.0464 e. The minimum atomic E-state index is 0.486. The largest absolute Gasteiger partial charge is 0.355 e. The Kier molecular flexibility index (Phi) is 4.85. The quantitative estimate of drug-likeness (QED) is 0.523. The normalized spacial score (nSPS) is 11.5. The third kappa shape index (κ3) is 3.28. The molecular weight excluding hydrogens is 302 g/mol. The Balaban J connectivity index is 2.20. The number of anilines is 2. The first-order valence-corrected chi connectivity index (χ1v) is 9.29. The molecule has 0 amide bonds. The topological polar surface area (TPSA) is 12.0 Å². The number of hydrogen-bond acceptors (Lipinski definition) is 1. The zero-order chi connectivity index (χ0) is 18.1. The lowest BCUT2D eigenvalue weighted by Gasteiger charge is -2.22. The van der Waals surface area contributed by atoms with Gasteiger partial charge in [-0.25, -0.2) is 0 Å². The predicted molar refractivity (Wildman–Crippen MR) is 111 cm³/mol. The highest BCUT2D eigenvalue weighted by atomic mass is 14.9. The van der Waals surface area contributed by atoms with Crippen LogP contribution in [0, 0.1) is 13.8 Å². The van der Waals surface area contributed by atoms with Crippen LogP contribution in [0.2, 0.25) is 0 Å². The molecule has 130 valence electrons. The highest BCUT2D eigenvalue weighted by molar-refractivity contribution is 5.99. The first-order valence-electron chi connectivity index (χ1n) is 9.29. The molecule has 3 aromatic rings. The summed E-state index contributed by atoms with van der Waals surface area (Å²) in [5, 5.41) is 6.46. The van der Waals surface area contributed by atoms with Crippen molar-refractivity contribution in [2.75, 3.05) is 5.32 Å². The fraction of sp³-hybridized carbons (Fsp3) is 0.333. The molecule has 0 aromatic heterocycles. The van der Waals surface area contributed by atoms with Gasteiger partial charge in [-0.1, -0.05) is 70.2 Å². The van der Waals surface area contributed by atoms with Gasteiger partial charge in [-0.2, -0.15) is 0 Å². The molecule has 0 saturated carbocycles. The van der Waals surface area contributed by atoms with Gasteiger partial charge in [0.25, 0.3) is 0 Å². The summed E-state index contributed by atoms with van der Waals surface area (Å²) in [7, 11) is 0. The fourth-order valence-electron chi connectivity index (χ4n) is 3.74. The summed E-state index contributed by atoms with van der Waals surface area (Å²) >= 11 is 0. The van der Waals surface area contributed by atoms with E-state index in [0.717, 1.165) is 0 Å². The Bertz CT molecular complexity index is 869. The van der Waals surface area contributed by atoms with Crippen LogP contribution in [0.15, 0.2) is 48.5 Å². The lowest BCUT2D eigenvalue weighted by Crippen LogP contribution is -2.04. The molecule has 0 saturated heterocycles. The number of para-hydroxylation sites is 1. The summed E-state index contributed by atoms with van der Waals surface area (Å²) < 4.78 is 0. The van der Waals surface area contributed by atoms with Crippen LogP contribution in [0.25, 0.3) is 10.8 Å². The molecule has 0 aliphatic heterocycles. The monoisotopic (exact) mass is 331 g/mol. The van der Waals surface area contributed by atoms with Gasteiger partial charge in [-0.15, -0.1) is 0 Å². The molecule has 0 unspecified atom stereocenters. The molecule has 25 heavy (non-hydrogen) atoms. The molecule has 0 aliphatic rings. The summed E-state index contributed by atoms with van der Waals surface area (Å²) in [5.41, 5.74) is 7.90. The number of aryl methyl sites for hydroxylation is 2. The second-order valence-electron chi connectivity index (χ2n) is 7.67. The van der Waals surface area contributed by atoms with Gasteiger partial charge in [0.2, 0.25) is 0 Å². The zero-order valence-corrected chi connectivity index (χ0v) is 16.3. The van der Waals surface area contributed by atoms with Gasteiger partial charge in [0.15, 0.2) is 0 Å². The lowest BCUT2D eigenvalue weighted by atomic mass is 9.92. The molecule has 0 radical (unpaired) electrons. The molecule has 3 aromatic carbocycles. The van der Waals surface area contributed by atoms with Gasteiger partial charge in [0.1, 0.15) is 0 Å². The van der Waals surface area contributed by atoms with Crippen molar-refractivity contribution in [3.8, 4) is 0 Å². The Morgan fingerprint density at radius 2 is 1.24 bits per heavy atom. The first-order chi connectivity index (χ1) is 11.9. The van der Waals surface area contributed by atoms with Gasteiger partial charge >= 0.3 is 0 Å². The van der Waals surface area contributed by atoms with E-state index in [-0.39, 0.29) is 0 Å². The molecule has 0 heterocycles. The summed E-state index contributed by atoms with van der Waals surface area (Å²) in [4.78, 5) is 0. The molecule has 0 spiro atoms. The summed E-state index contributed by atoms with van der Waals surface area (Å²) in [6.45, 7) is 13.5. The lowest BCUT2D eigenvalue weighted by molar-refractivity contribution is 0.838. The van der Waals surface area contributed by atoms with Crippen LogP contribution in [-0.4, -0.2) is 0 Å². The van der Waals surface area contributed by atoms with E-state index in [9.17, 15) is 0 Å². The predicted octanol–water partition coefficient (Wildman–Crippen LogP) is 7.45. The van der Waals surface area contributed by atoms with Crippen LogP contribution in [0.5, 0.6) is 0 Å². The fourth-order valence-corrected chi connectivity index (χ4v) is 3.74. The minimum absolute atomic E-state index is 0.486. The van der Waals surface area contributed by atoms with Crippen molar-refractivity contribution in [2.24, 2.45) is 0 Å². The van der Waals surface area contributed by atoms with Crippen LogP contribution in [-0.2, 0) is 0 Å². The van der Waals surface area contributed by atoms with Gasteiger partial charge in [0.05, 0.1) is 0 Å². The van der Waals surface area contributed by atoms with Crippen molar-refractivity contribution in [3.63, 3.8) is 0 Å². The van der Waals surface area contributed by atoms with Gasteiger partial charge in [-0.3, -0.25) is 0 Å². The van der Waals surface area contributed by atoms with Crippen molar-refractivity contribution < 1.29 is 0 Å². The van der Waals surface area contributed by atoms with Gasteiger partial charge < -0.3 is 5.32 Å². The second kappa shape index (κ2) is 6.92. The molecule has 1 nitrogen and oxygen atoms in total. The maximum Gasteiger partial charge on any atom is 0.0464 e. The second-order valence-corrected chi connectivity index (χ2v) is 7.67. The molecule has 0 atom stereocenters. The minimum Gasteiger partial charge on any atom is -0.355 e. The van der Waals surface area contributed by atoms with Crippen molar-refractivity contribution in [1.29, 1.82) is 0 Å². The summed E-state index contributed by atoms with van der Waals surface area (Å²) in [6, 6.07) is 17.7. The standard InChI is InChI=1S/C24H29N/c1-15(2)19-10-8-11-20(16(3)4)24(19)25-22-14-13-18(6)23-17(5)9-7-12-21(22)23/h7-16,25H,1-6H3. The Morgan fingerprint density at radius 1 is 0.680 bits per heavy atom. The van der Waals surface area contributed by atoms with E-state index < -0.39 is 0 Å². The number of nitrogens with one attached hydrogen (secondary N) is 1. The molecule has 0 bridgehead atoms. The van der Waals surface area contributed by atoms with E-state index in [1.807, 2.05) is 0 Å². The van der Waals surface area contributed by atoms with E-state index in [1.54, 1.807) is 0 Å². The van der Waals surface area contributed by atoms with E-state index in [4.69, 9.17) is 0 Å². The van der Waals surface area contributed by atoms with Crippen molar-refractivity contribution in [2.45, 2.75) is 53.4 Å². The molecule has 3 rings (SSSR count). The first kappa shape index (κ1) is 17.5. The number of fused-ring (bicyclic) bond motifs is 1. The third-order valence-electron chi connectivity index (χ3n) is 5.09. The van der Waals surface area contributed by atoms with Crippen LogP contribution in [0.1, 0.15) is 61.8 Å². The Labute approximate surface area is 152 Å². The average Bonchev–Trinajstić information content (AvgIpc) is 2.57. The highest BCUT2D eigenvalue weighted by Gasteiger charge is 2.15. The van der Waals surface area contributed by atoms with Crippen molar-refractivity contribution in [3.05, 3.63) is 70.8 Å². The van der Waals surface area contributed by atoms with E-state index in [1.165, 1.54) is 44.4 Å². The molecule has 1 N–H and O–H groups in total. The summed E-state index contributed by atoms with van der Waals surface area (Å²) in [6.07, 6.45) is 0. The number of rotatable bonds is 4. The molecule has 1 heteroatoms. The van der Waals surface area contributed by atoms with E-state index >= 15 is 0 Å². The van der Waals surface area contributed by atoms with Crippen LogP contribution < -0.4 is 5.32 Å². The van der Waals surface area contributed by atoms with Crippen molar-refractivity contribution in [1.82, 2.24) is 0 Å². The van der Waals surface area contributed by atoms with E-state index in [0.29, 0.717) is 11.8 Å². The maximum atomic E-state index is 3.80. The molecule has 0 fully saturated rings. The van der Waals surface area contributed by atoms with Crippen LogP contribution in [0.4, 0.5) is 11.4 Å². The zero-order valence-electron chi connectivity index (χ0n) is 16.3. The van der Waals surface area contributed by atoms with Crippen molar-refractivity contribution >= 4 is 22.1 Å². The van der Waals surface area contributed by atoms with Gasteiger partial charge in [-0.05, 0) is 59.4 Å². The number of benzene rings is 3. The molecule has 0 aliphatic carbocycles. The maximum absolute atomic E-state index is 3.80. The third-order valence-corrected chi connectivity index (χ3v) is 5.09. The molecular formula is C24H29N.